The van der Waals surface area contributed by atoms with Gasteiger partial charge in [-0.2, -0.15) is 0 Å². The van der Waals surface area contributed by atoms with Crippen LogP contribution in [0.5, 0.6) is 0 Å². The summed E-state index contributed by atoms with van der Waals surface area (Å²) in [6, 6.07) is 0. The molecule has 5 heteroatoms. The first-order chi connectivity index (χ1) is 5.66. The molecule has 0 spiro atoms. The van der Waals surface area contributed by atoms with Crippen molar-refractivity contribution in [3.05, 3.63) is 11.6 Å². The summed E-state index contributed by atoms with van der Waals surface area (Å²) >= 11 is 1.83. The minimum absolute atomic E-state index is 0.0417. The first-order valence-electron chi connectivity index (χ1n) is 3.51. The Morgan fingerprint density at radius 1 is 1.83 bits per heavy atom. The predicted octanol–water partition coefficient (Wildman–Crippen LogP) is 0.384. The second-order valence-corrected chi connectivity index (χ2v) is 3.13. The maximum Gasteiger partial charge on any atom is 0.317 e. The van der Waals surface area contributed by atoms with E-state index in [0.29, 0.717) is 0 Å². The van der Waals surface area contributed by atoms with Gasteiger partial charge in [0.2, 0.25) is 0 Å². The van der Waals surface area contributed by atoms with E-state index >= 15 is 0 Å². The Bertz CT molecular complexity index is 161. The number of nitrogens with one attached hydrogen (secondary N) is 1. The highest BCUT2D eigenvalue weighted by Gasteiger charge is 1.93. The average molecular weight is 190 g/mol. The molecular formula is C7H14N2O2S. The Hall–Kier alpha value is -0.680. The zero-order valence-electron chi connectivity index (χ0n) is 7.28. The van der Waals surface area contributed by atoms with Crippen molar-refractivity contribution in [3.8, 4) is 0 Å². The highest BCUT2D eigenvalue weighted by atomic mass is 32.2. The number of likely N-dealkylation sites (N-methyl/N-ethyl adjacent to an activating group) is 1. The highest BCUT2D eigenvalue weighted by Crippen LogP contribution is 2.11. The molecule has 2 N–H and O–H groups in total. The average Bonchev–Trinajstić information content (AvgIpc) is 2.40. The van der Waals surface area contributed by atoms with E-state index in [-0.39, 0.29) is 6.54 Å². The van der Waals surface area contributed by atoms with Gasteiger partial charge in [0.1, 0.15) is 0 Å². The van der Waals surface area contributed by atoms with Crippen LogP contribution in [-0.4, -0.2) is 42.5 Å². The van der Waals surface area contributed by atoms with Gasteiger partial charge in [0.05, 0.1) is 12.4 Å². The molecule has 0 radical (unpaired) electrons. The Labute approximate surface area is 76.6 Å². The lowest BCUT2D eigenvalue weighted by atomic mass is 10.7. The lowest BCUT2D eigenvalue weighted by molar-refractivity contribution is -0.135. The van der Waals surface area contributed by atoms with Gasteiger partial charge in [-0.25, -0.2) is 0 Å². The van der Waals surface area contributed by atoms with Crippen LogP contribution in [-0.2, 0) is 4.79 Å². The summed E-state index contributed by atoms with van der Waals surface area (Å²) in [6.07, 6.45) is 2.07. The minimum Gasteiger partial charge on any atom is -0.480 e. The third-order valence-electron chi connectivity index (χ3n) is 1.02. The summed E-state index contributed by atoms with van der Waals surface area (Å²) in [7, 11) is 3.66. The zero-order valence-corrected chi connectivity index (χ0v) is 8.10. The van der Waals surface area contributed by atoms with Crippen LogP contribution < -0.4 is 5.32 Å². The van der Waals surface area contributed by atoms with Crippen LogP contribution in [0.15, 0.2) is 11.6 Å². The largest absolute Gasteiger partial charge is 0.480 e. The fourth-order valence-corrected chi connectivity index (χ4v) is 1.20. The normalized spacial score (nSPS) is 14.0. The van der Waals surface area contributed by atoms with Crippen molar-refractivity contribution < 1.29 is 9.90 Å². The van der Waals surface area contributed by atoms with Crippen LogP contribution >= 0.6 is 11.8 Å². The second kappa shape index (κ2) is 7.00. The quantitative estimate of drug-likeness (QED) is 0.659. The Kier molecular flexibility index (Phi) is 6.60. The first kappa shape index (κ1) is 11.3. The maximum absolute atomic E-state index is 9.54. The molecule has 1 rings (SSSR count). The molecule has 4 nitrogen and oxygen atoms in total. The molecule has 1 aliphatic rings. The molecule has 0 aromatic carbocycles. The number of hydrogen-bond acceptors (Lipinski definition) is 4. The molecule has 0 saturated carbocycles. The van der Waals surface area contributed by atoms with Crippen LogP contribution in [0.2, 0.25) is 0 Å². The Morgan fingerprint density at radius 3 is 2.58 bits per heavy atom. The van der Waals surface area contributed by atoms with Gasteiger partial charge >= 0.3 is 5.97 Å². The van der Waals surface area contributed by atoms with Crippen molar-refractivity contribution in [2.45, 2.75) is 0 Å². The summed E-state index contributed by atoms with van der Waals surface area (Å²) < 4.78 is 0. The molecule has 12 heavy (non-hydrogen) atoms. The van der Waals surface area contributed by atoms with E-state index in [1.54, 1.807) is 7.05 Å². The van der Waals surface area contributed by atoms with Gasteiger partial charge in [0.15, 0.2) is 0 Å². The van der Waals surface area contributed by atoms with Gasteiger partial charge in [-0.15, -0.1) is 11.8 Å². The predicted molar refractivity (Wildman–Crippen MR) is 50.9 cm³/mol. The smallest absolute Gasteiger partial charge is 0.317 e. The number of thioether (sulfide) groups is 1. The van der Waals surface area contributed by atoms with E-state index in [2.05, 4.69) is 28.9 Å². The Morgan fingerprint density at radius 2 is 2.50 bits per heavy atom. The standard InChI is InChI=1S/C4H7NS.C3H7NO2/c1-5-2-3-6-4-5;1-4-2-3(5)6/h2-3H,4H2,1H3;4H,2H2,1H3,(H,5,6). The van der Waals surface area contributed by atoms with Gasteiger partial charge in [-0.3, -0.25) is 4.79 Å². The van der Waals surface area contributed by atoms with Crippen LogP contribution in [0.1, 0.15) is 0 Å². The number of carboxylic acids is 1. The molecule has 0 aromatic rings. The van der Waals surface area contributed by atoms with E-state index in [1.807, 2.05) is 11.8 Å². The molecule has 0 aliphatic carbocycles. The molecule has 0 unspecified atom stereocenters. The van der Waals surface area contributed by atoms with E-state index in [1.165, 1.54) is 0 Å². The zero-order chi connectivity index (χ0) is 9.40. The highest BCUT2D eigenvalue weighted by molar-refractivity contribution is 8.02. The van der Waals surface area contributed by atoms with E-state index in [9.17, 15) is 4.79 Å². The monoisotopic (exact) mass is 190 g/mol. The van der Waals surface area contributed by atoms with Gasteiger partial charge in [0, 0.05) is 13.2 Å². The maximum atomic E-state index is 9.54. The molecular weight excluding hydrogens is 176 g/mol. The van der Waals surface area contributed by atoms with Crippen molar-refractivity contribution in [2.24, 2.45) is 0 Å². The molecule has 0 saturated heterocycles. The van der Waals surface area contributed by atoms with Gasteiger partial charge in [-0.1, -0.05) is 0 Å². The minimum atomic E-state index is -0.822. The number of carbonyl (C=O) groups is 1. The summed E-state index contributed by atoms with van der Waals surface area (Å²) in [5.41, 5.74) is 0. The molecule has 70 valence electrons. The van der Waals surface area contributed by atoms with Crippen LogP contribution in [0, 0.1) is 0 Å². The van der Waals surface area contributed by atoms with Crippen molar-refractivity contribution in [1.82, 2.24) is 10.2 Å². The van der Waals surface area contributed by atoms with Gasteiger partial charge in [-0.05, 0) is 12.5 Å². The molecule has 0 atom stereocenters. The molecule has 0 bridgehead atoms. The fourth-order valence-electron chi connectivity index (χ4n) is 0.502. The lowest BCUT2D eigenvalue weighted by Crippen LogP contribution is -2.16. The number of nitrogens with zero attached hydrogens (tertiary/aromatic N) is 1. The summed E-state index contributed by atoms with van der Waals surface area (Å²) in [4.78, 5) is 11.7. The SMILES string of the molecule is CN1C=CSC1.CNCC(=O)O. The number of carboxylic acid groups (broad SMARTS) is 1. The van der Waals surface area contributed by atoms with E-state index in [4.69, 9.17) is 5.11 Å². The number of hydrogen-bond donors (Lipinski definition) is 2. The first-order valence-corrected chi connectivity index (χ1v) is 4.56. The fraction of sp³-hybridized carbons (Fsp3) is 0.571. The topological polar surface area (TPSA) is 52.6 Å². The summed E-state index contributed by atoms with van der Waals surface area (Å²) in [5.74, 6) is 0.303. The number of rotatable bonds is 2. The van der Waals surface area contributed by atoms with E-state index < -0.39 is 5.97 Å². The van der Waals surface area contributed by atoms with E-state index in [0.717, 1.165) is 5.88 Å². The Balaban J connectivity index is 0.000000202. The third kappa shape index (κ3) is 7.43. The van der Waals surface area contributed by atoms with Crippen LogP contribution in [0.25, 0.3) is 0 Å². The van der Waals surface area contributed by atoms with Gasteiger partial charge in [0.25, 0.3) is 0 Å². The molecule has 0 aromatic heterocycles. The number of aliphatic carboxylic acids is 1. The molecule has 0 amide bonds. The molecule has 0 fully saturated rings. The molecule has 1 heterocycles. The summed E-state index contributed by atoms with van der Waals surface area (Å²) in [6.45, 7) is 0.0417. The van der Waals surface area contributed by atoms with Crippen molar-refractivity contribution in [1.29, 1.82) is 0 Å². The van der Waals surface area contributed by atoms with Crippen molar-refractivity contribution in [3.63, 3.8) is 0 Å². The third-order valence-corrected chi connectivity index (χ3v) is 1.89. The second-order valence-electron chi connectivity index (χ2n) is 2.26. The molecule has 1 aliphatic heterocycles. The lowest BCUT2D eigenvalue weighted by Gasteiger charge is -2.01. The van der Waals surface area contributed by atoms with Gasteiger partial charge < -0.3 is 15.3 Å². The summed E-state index contributed by atoms with van der Waals surface area (Å²) in [5, 5.41) is 12.4. The van der Waals surface area contributed by atoms with Crippen molar-refractivity contribution >= 4 is 17.7 Å². The van der Waals surface area contributed by atoms with Crippen LogP contribution in [0.3, 0.4) is 0 Å². The van der Waals surface area contributed by atoms with Crippen molar-refractivity contribution in [2.75, 3.05) is 26.5 Å². The van der Waals surface area contributed by atoms with Crippen LogP contribution in [0.4, 0.5) is 0 Å².